The Morgan fingerprint density at radius 2 is 2.00 bits per heavy atom. The molecule has 31 heavy (non-hydrogen) atoms. The predicted octanol–water partition coefficient (Wildman–Crippen LogP) is 2.83. The van der Waals surface area contributed by atoms with Gasteiger partial charge in [-0.2, -0.15) is 4.99 Å². The van der Waals surface area contributed by atoms with Crippen LogP contribution in [0.4, 0.5) is 5.13 Å². The van der Waals surface area contributed by atoms with E-state index in [0.717, 1.165) is 12.0 Å². The highest BCUT2D eigenvalue weighted by molar-refractivity contribution is 7.13. The molecule has 2 aromatic heterocycles. The molecule has 0 atom stereocenters. The Labute approximate surface area is 184 Å². The van der Waals surface area contributed by atoms with Crippen LogP contribution in [0.1, 0.15) is 18.2 Å². The number of guanidine groups is 1. The minimum atomic E-state index is -0.114. The maximum absolute atomic E-state index is 11.0. The molecule has 1 amide bonds. The molecule has 0 unspecified atom stereocenters. The zero-order valence-corrected chi connectivity index (χ0v) is 18.4. The van der Waals surface area contributed by atoms with E-state index in [1.54, 1.807) is 20.3 Å². The van der Waals surface area contributed by atoms with Gasteiger partial charge in [0.25, 0.3) is 0 Å². The lowest BCUT2D eigenvalue weighted by Crippen LogP contribution is -2.32. The van der Waals surface area contributed by atoms with Crippen molar-refractivity contribution in [3.05, 3.63) is 47.0 Å². The number of amides is 1. The largest absolute Gasteiger partial charge is 0.493 e. The number of thiazole rings is 1. The molecule has 4 N–H and O–H groups in total. The van der Waals surface area contributed by atoms with E-state index in [9.17, 15) is 4.79 Å². The van der Waals surface area contributed by atoms with Crippen molar-refractivity contribution in [2.45, 2.75) is 19.9 Å². The van der Waals surface area contributed by atoms with Crippen molar-refractivity contribution in [2.75, 3.05) is 20.8 Å². The molecule has 3 aromatic rings. The van der Waals surface area contributed by atoms with Gasteiger partial charge in [0, 0.05) is 18.8 Å². The number of benzene rings is 1. The lowest BCUT2D eigenvalue weighted by atomic mass is 10.1. The molecule has 9 nitrogen and oxygen atoms in total. The summed E-state index contributed by atoms with van der Waals surface area (Å²) in [5, 5.41) is 8.14. The van der Waals surface area contributed by atoms with E-state index in [-0.39, 0.29) is 11.9 Å². The van der Waals surface area contributed by atoms with Gasteiger partial charge in [-0.25, -0.2) is 4.98 Å². The van der Waals surface area contributed by atoms with E-state index in [4.69, 9.17) is 19.6 Å². The van der Waals surface area contributed by atoms with Crippen LogP contribution >= 0.6 is 11.3 Å². The molecule has 0 aliphatic rings. The van der Waals surface area contributed by atoms with E-state index in [0.29, 0.717) is 46.9 Å². The molecule has 0 aliphatic heterocycles. The molecule has 0 saturated heterocycles. The third-order valence-electron chi connectivity index (χ3n) is 4.30. The van der Waals surface area contributed by atoms with Gasteiger partial charge < -0.3 is 30.3 Å². The van der Waals surface area contributed by atoms with Gasteiger partial charge in [0.15, 0.2) is 23.2 Å². The number of nitrogens with zero attached hydrogens (tertiary/aromatic N) is 2. The van der Waals surface area contributed by atoms with Crippen molar-refractivity contribution in [1.29, 1.82) is 0 Å². The Hall–Kier alpha value is -3.53. The third kappa shape index (κ3) is 6.22. The highest BCUT2D eigenvalue weighted by Gasteiger charge is 2.10. The molecule has 0 saturated carbocycles. The van der Waals surface area contributed by atoms with Crippen LogP contribution in [0.25, 0.3) is 11.5 Å². The van der Waals surface area contributed by atoms with Gasteiger partial charge in [0.05, 0.1) is 20.8 Å². The Morgan fingerprint density at radius 3 is 2.74 bits per heavy atom. The van der Waals surface area contributed by atoms with Crippen LogP contribution in [0.2, 0.25) is 0 Å². The average molecular weight is 444 g/mol. The Kier molecular flexibility index (Phi) is 7.50. The summed E-state index contributed by atoms with van der Waals surface area (Å²) in [6, 6.07) is 9.40. The van der Waals surface area contributed by atoms with E-state index < -0.39 is 0 Å². The van der Waals surface area contributed by atoms with Gasteiger partial charge in [-0.1, -0.05) is 6.07 Å². The number of furan rings is 1. The van der Waals surface area contributed by atoms with Crippen LogP contribution in [-0.4, -0.2) is 37.6 Å². The van der Waals surface area contributed by atoms with Crippen LogP contribution in [0, 0.1) is 0 Å². The lowest BCUT2D eigenvalue weighted by Gasteiger charge is -2.10. The SMILES string of the molecule is COc1ccc(CCN/C(N)=N/c2nc(-c3ccc(CNC(C)=O)o3)cs2)cc1OC. The average Bonchev–Trinajstić information content (AvgIpc) is 3.41. The van der Waals surface area contributed by atoms with Crippen molar-refractivity contribution >= 4 is 28.3 Å². The van der Waals surface area contributed by atoms with Gasteiger partial charge in [0.2, 0.25) is 11.0 Å². The summed E-state index contributed by atoms with van der Waals surface area (Å²) >= 11 is 1.36. The van der Waals surface area contributed by atoms with Crippen molar-refractivity contribution in [3.63, 3.8) is 0 Å². The zero-order chi connectivity index (χ0) is 22.2. The third-order valence-corrected chi connectivity index (χ3v) is 5.04. The molecule has 0 bridgehead atoms. The molecule has 10 heteroatoms. The second-order valence-electron chi connectivity index (χ2n) is 6.55. The molecule has 0 aliphatic carbocycles. The number of aliphatic imine (C=N–C) groups is 1. The first-order chi connectivity index (χ1) is 15.0. The molecular formula is C21H25N5O4S. The number of nitrogens with two attached hydrogens (primary N) is 1. The maximum atomic E-state index is 11.0. The Morgan fingerprint density at radius 1 is 1.19 bits per heavy atom. The predicted molar refractivity (Wildman–Crippen MR) is 120 cm³/mol. The van der Waals surface area contributed by atoms with Gasteiger partial charge in [-0.05, 0) is 36.2 Å². The minimum Gasteiger partial charge on any atom is -0.493 e. The van der Waals surface area contributed by atoms with Gasteiger partial charge in [0.1, 0.15) is 11.5 Å². The fraction of sp³-hybridized carbons (Fsp3) is 0.286. The molecule has 164 valence electrons. The van der Waals surface area contributed by atoms with Gasteiger partial charge in [-0.3, -0.25) is 4.79 Å². The minimum absolute atomic E-state index is 0.114. The molecule has 3 rings (SSSR count). The smallest absolute Gasteiger partial charge is 0.217 e. The van der Waals surface area contributed by atoms with Crippen LogP contribution in [0.15, 0.2) is 45.1 Å². The number of carbonyl (C=O) groups excluding carboxylic acids is 1. The number of aromatic nitrogens is 1. The van der Waals surface area contributed by atoms with E-state index >= 15 is 0 Å². The molecular weight excluding hydrogens is 418 g/mol. The Bertz CT molecular complexity index is 1060. The number of hydrogen-bond donors (Lipinski definition) is 3. The lowest BCUT2D eigenvalue weighted by molar-refractivity contribution is -0.119. The second-order valence-corrected chi connectivity index (χ2v) is 7.39. The Balaban J connectivity index is 1.54. The summed E-state index contributed by atoms with van der Waals surface area (Å²) in [7, 11) is 3.22. The van der Waals surface area contributed by atoms with E-state index in [1.807, 2.05) is 29.6 Å². The summed E-state index contributed by atoms with van der Waals surface area (Å²) in [4.78, 5) is 19.8. The highest BCUT2D eigenvalue weighted by atomic mass is 32.1. The highest BCUT2D eigenvalue weighted by Crippen LogP contribution is 2.29. The van der Waals surface area contributed by atoms with Crippen molar-refractivity contribution in [2.24, 2.45) is 10.7 Å². The van der Waals surface area contributed by atoms with Crippen molar-refractivity contribution in [1.82, 2.24) is 15.6 Å². The van der Waals surface area contributed by atoms with Gasteiger partial charge in [-0.15, -0.1) is 11.3 Å². The van der Waals surface area contributed by atoms with Crippen molar-refractivity contribution in [3.8, 4) is 23.0 Å². The summed E-state index contributed by atoms with van der Waals surface area (Å²) < 4.78 is 16.3. The van der Waals surface area contributed by atoms with Gasteiger partial charge >= 0.3 is 0 Å². The number of ether oxygens (including phenoxy) is 2. The second kappa shape index (κ2) is 10.5. The topological polar surface area (TPSA) is 124 Å². The van der Waals surface area contributed by atoms with Crippen LogP contribution < -0.4 is 25.8 Å². The molecule has 0 radical (unpaired) electrons. The first kappa shape index (κ1) is 22.2. The first-order valence-electron chi connectivity index (χ1n) is 9.56. The zero-order valence-electron chi connectivity index (χ0n) is 17.6. The quantitative estimate of drug-likeness (QED) is 0.343. The van der Waals surface area contributed by atoms with Crippen LogP contribution in [0.5, 0.6) is 11.5 Å². The summed E-state index contributed by atoms with van der Waals surface area (Å²) in [5.41, 5.74) is 7.74. The fourth-order valence-electron chi connectivity index (χ4n) is 2.76. The summed E-state index contributed by atoms with van der Waals surface area (Å²) in [5.74, 6) is 2.82. The molecule has 2 heterocycles. The fourth-order valence-corrected chi connectivity index (χ4v) is 3.45. The normalized spacial score (nSPS) is 11.3. The number of hydrogen-bond acceptors (Lipinski definition) is 7. The molecule has 0 fully saturated rings. The molecule has 0 spiro atoms. The number of methoxy groups -OCH3 is 2. The van der Waals surface area contributed by atoms with E-state index in [2.05, 4.69) is 20.6 Å². The standard InChI is InChI=1S/C21H25N5O4S/c1-13(27)24-11-15-5-7-17(30-15)16-12-31-21(25-16)26-20(22)23-9-8-14-4-6-18(28-2)19(10-14)29-3/h4-7,10,12H,8-9,11H2,1-3H3,(H,24,27)(H3,22,23,25,26). The summed E-state index contributed by atoms with van der Waals surface area (Å²) in [6.07, 6.45) is 0.739. The summed E-state index contributed by atoms with van der Waals surface area (Å²) in [6.45, 7) is 2.40. The maximum Gasteiger partial charge on any atom is 0.217 e. The first-order valence-corrected chi connectivity index (χ1v) is 10.4. The number of nitrogens with one attached hydrogen (secondary N) is 2. The number of carbonyl (C=O) groups is 1. The van der Waals surface area contributed by atoms with E-state index in [1.165, 1.54) is 18.3 Å². The monoisotopic (exact) mass is 443 g/mol. The molecule has 1 aromatic carbocycles. The van der Waals surface area contributed by atoms with Crippen LogP contribution in [-0.2, 0) is 17.8 Å². The van der Waals surface area contributed by atoms with Crippen molar-refractivity contribution < 1.29 is 18.7 Å². The number of rotatable bonds is 9. The van der Waals surface area contributed by atoms with Crippen LogP contribution in [0.3, 0.4) is 0 Å².